The summed E-state index contributed by atoms with van der Waals surface area (Å²) in [6, 6.07) is 12.1. The van der Waals surface area contributed by atoms with Crippen molar-refractivity contribution in [1.82, 2.24) is 0 Å². The van der Waals surface area contributed by atoms with Gasteiger partial charge in [0.05, 0.1) is 17.9 Å². The number of carbonyl (C=O) groups is 2. The average molecular weight is 312 g/mol. The lowest BCUT2D eigenvalue weighted by Gasteiger charge is -2.18. The zero-order chi connectivity index (χ0) is 16.2. The van der Waals surface area contributed by atoms with Gasteiger partial charge < -0.3 is 20.1 Å². The van der Waals surface area contributed by atoms with E-state index in [1.165, 1.54) is 0 Å². The number of hydrogen-bond acceptors (Lipinski definition) is 4. The van der Waals surface area contributed by atoms with Gasteiger partial charge in [-0.15, -0.1) is 0 Å². The maximum absolute atomic E-state index is 12.4. The third kappa shape index (κ3) is 3.26. The molecule has 0 spiro atoms. The van der Waals surface area contributed by atoms with E-state index in [9.17, 15) is 9.59 Å². The summed E-state index contributed by atoms with van der Waals surface area (Å²) in [4.78, 5) is 23.8. The van der Waals surface area contributed by atoms with Crippen LogP contribution in [0.25, 0.3) is 0 Å². The van der Waals surface area contributed by atoms with Gasteiger partial charge in [0.1, 0.15) is 11.5 Å². The smallest absolute Gasteiger partial charge is 0.262 e. The number of hydrogen-bond donors (Lipinski definition) is 2. The van der Waals surface area contributed by atoms with Crippen LogP contribution in [0, 0.1) is 0 Å². The van der Waals surface area contributed by atoms with Crippen LogP contribution >= 0.6 is 0 Å². The minimum Gasteiger partial charge on any atom is -0.493 e. The van der Waals surface area contributed by atoms with Crippen molar-refractivity contribution in [3.8, 4) is 11.5 Å². The molecule has 1 aliphatic rings. The van der Waals surface area contributed by atoms with Crippen LogP contribution in [0.5, 0.6) is 11.5 Å². The van der Waals surface area contributed by atoms with Crippen molar-refractivity contribution in [2.75, 3.05) is 23.8 Å². The first-order valence-electron chi connectivity index (χ1n) is 7.27. The third-order valence-electron chi connectivity index (χ3n) is 3.30. The highest BCUT2D eigenvalue weighted by Gasteiger charge is 2.17. The lowest BCUT2D eigenvalue weighted by atomic mass is 10.1. The highest BCUT2D eigenvalue weighted by Crippen LogP contribution is 2.31. The molecule has 6 heteroatoms. The maximum Gasteiger partial charge on any atom is 0.262 e. The Kier molecular flexibility index (Phi) is 4.14. The second-order valence-corrected chi connectivity index (χ2v) is 4.93. The van der Waals surface area contributed by atoms with E-state index in [1.54, 1.807) is 36.4 Å². The fourth-order valence-corrected chi connectivity index (χ4v) is 2.29. The Balaban J connectivity index is 1.81. The number of anilines is 2. The number of nitrogens with one attached hydrogen (secondary N) is 2. The summed E-state index contributed by atoms with van der Waals surface area (Å²) >= 11 is 0. The Morgan fingerprint density at radius 2 is 2.13 bits per heavy atom. The molecular formula is C17H16N2O4. The molecule has 0 saturated heterocycles. The van der Waals surface area contributed by atoms with E-state index in [2.05, 4.69) is 10.6 Å². The van der Waals surface area contributed by atoms with E-state index in [4.69, 9.17) is 9.47 Å². The minimum absolute atomic E-state index is 0.000434. The van der Waals surface area contributed by atoms with E-state index in [-0.39, 0.29) is 18.4 Å². The normalized spacial score (nSPS) is 12.7. The van der Waals surface area contributed by atoms with E-state index < -0.39 is 0 Å². The summed E-state index contributed by atoms with van der Waals surface area (Å²) < 4.78 is 10.7. The Morgan fingerprint density at radius 3 is 2.96 bits per heavy atom. The maximum atomic E-state index is 12.4. The summed E-state index contributed by atoms with van der Waals surface area (Å²) in [6.07, 6.45) is 0. The lowest BCUT2D eigenvalue weighted by Crippen LogP contribution is -2.25. The molecule has 2 aromatic rings. The molecule has 0 saturated carbocycles. The van der Waals surface area contributed by atoms with Gasteiger partial charge in [0.2, 0.25) is 0 Å². The number of rotatable bonds is 4. The van der Waals surface area contributed by atoms with Crippen LogP contribution < -0.4 is 20.1 Å². The number of fused-ring (bicyclic) bond motifs is 1. The molecule has 2 N–H and O–H groups in total. The Hall–Kier alpha value is -3.02. The third-order valence-corrected chi connectivity index (χ3v) is 3.30. The fourth-order valence-electron chi connectivity index (χ4n) is 2.29. The highest BCUT2D eigenvalue weighted by molar-refractivity contribution is 6.06. The van der Waals surface area contributed by atoms with Crippen LogP contribution in [-0.2, 0) is 4.79 Å². The van der Waals surface area contributed by atoms with Crippen molar-refractivity contribution >= 4 is 23.2 Å². The van der Waals surface area contributed by atoms with E-state index in [0.29, 0.717) is 35.0 Å². The Morgan fingerprint density at radius 1 is 1.30 bits per heavy atom. The fraction of sp³-hybridized carbons (Fsp3) is 0.176. The van der Waals surface area contributed by atoms with Crippen molar-refractivity contribution in [1.29, 1.82) is 0 Å². The van der Waals surface area contributed by atoms with Gasteiger partial charge in [-0.1, -0.05) is 12.1 Å². The van der Waals surface area contributed by atoms with Crippen molar-refractivity contribution < 1.29 is 19.1 Å². The van der Waals surface area contributed by atoms with E-state index in [1.807, 2.05) is 13.0 Å². The zero-order valence-electron chi connectivity index (χ0n) is 12.6. The van der Waals surface area contributed by atoms with Crippen molar-refractivity contribution in [2.24, 2.45) is 0 Å². The molecule has 0 radical (unpaired) electrons. The first-order valence-corrected chi connectivity index (χ1v) is 7.27. The molecule has 1 heterocycles. The largest absolute Gasteiger partial charge is 0.493 e. The van der Waals surface area contributed by atoms with Gasteiger partial charge in [0, 0.05) is 5.69 Å². The van der Waals surface area contributed by atoms with E-state index in [0.717, 1.165) is 0 Å². The minimum atomic E-state index is -0.281. The van der Waals surface area contributed by atoms with Crippen LogP contribution in [0.3, 0.4) is 0 Å². The topological polar surface area (TPSA) is 76.7 Å². The number of ether oxygens (including phenoxy) is 2. The highest BCUT2D eigenvalue weighted by atomic mass is 16.5. The van der Waals surface area contributed by atoms with Crippen LogP contribution in [0.1, 0.15) is 17.3 Å². The van der Waals surface area contributed by atoms with Crippen LogP contribution in [-0.4, -0.2) is 25.0 Å². The predicted molar refractivity (Wildman–Crippen MR) is 86.1 cm³/mol. The van der Waals surface area contributed by atoms with Crippen molar-refractivity contribution in [2.45, 2.75) is 6.92 Å². The molecule has 0 bridgehead atoms. The Labute approximate surface area is 133 Å². The second kappa shape index (κ2) is 6.39. The van der Waals surface area contributed by atoms with Gasteiger partial charge >= 0.3 is 0 Å². The summed E-state index contributed by atoms with van der Waals surface area (Å²) in [5, 5.41) is 5.50. The summed E-state index contributed by atoms with van der Waals surface area (Å²) in [7, 11) is 0. The first kappa shape index (κ1) is 14.9. The number of amides is 2. The van der Waals surface area contributed by atoms with Crippen LogP contribution in [0.15, 0.2) is 42.5 Å². The average Bonchev–Trinajstić information content (AvgIpc) is 2.55. The number of carbonyl (C=O) groups excluding carboxylic acids is 2. The SMILES string of the molecule is CCOc1ccccc1C(=O)Nc1ccc2c(c1)NC(=O)CO2. The summed E-state index contributed by atoms with van der Waals surface area (Å²) in [6.45, 7) is 2.34. The van der Waals surface area contributed by atoms with Gasteiger partial charge in [-0.05, 0) is 37.3 Å². The number of para-hydroxylation sites is 1. The quantitative estimate of drug-likeness (QED) is 0.910. The predicted octanol–water partition coefficient (Wildman–Crippen LogP) is 2.67. The standard InChI is InChI=1S/C17H16N2O4/c1-2-22-14-6-4-3-5-12(14)17(21)18-11-7-8-15-13(9-11)19-16(20)10-23-15/h3-9H,2,10H2,1H3,(H,18,21)(H,19,20). The molecule has 0 atom stereocenters. The Bertz CT molecular complexity index is 758. The monoisotopic (exact) mass is 312 g/mol. The van der Waals surface area contributed by atoms with Gasteiger partial charge in [0.25, 0.3) is 11.8 Å². The van der Waals surface area contributed by atoms with Gasteiger partial charge in [-0.2, -0.15) is 0 Å². The molecule has 0 aliphatic carbocycles. The summed E-state index contributed by atoms with van der Waals surface area (Å²) in [5.41, 5.74) is 1.55. The molecule has 6 nitrogen and oxygen atoms in total. The lowest BCUT2D eigenvalue weighted by molar-refractivity contribution is -0.118. The second-order valence-electron chi connectivity index (χ2n) is 4.93. The molecule has 2 aromatic carbocycles. The summed E-state index contributed by atoms with van der Waals surface area (Å²) in [5.74, 6) is 0.610. The number of benzene rings is 2. The van der Waals surface area contributed by atoms with Crippen molar-refractivity contribution in [3.63, 3.8) is 0 Å². The molecule has 3 rings (SSSR count). The molecule has 0 aromatic heterocycles. The molecule has 0 unspecified atom stereocenters. The van der Waals surface area contributed by atoms with Crippen LogP contribution in [0.4, 0.5) is 11.4 Å². The molecule has 23 heavy (non-hydrogen) atoms. The molecule has 2 amide bonds. The zero-order valence-corrected chi connectivity index (χ0v) is 12.6. The van der Waals surface area contributed by atoms with Gasteiger partial charge in [-0.3, -0.25) is 9.59 Å². The van der Waals surface area contributed by atoms with Gasteiger partial charge in [0.15, 0.2) is 6.61 Å². The van der Waals surface area contributed by atoms with Crippen molar-refractivity contribution in [3.05, 3.63) is 48.0 Å². The van der Waals surface area contributed by atoms with Crippen LogP contribution in [0.2, 0.25) is 0 Å². The van der Waals surface area contributed by atoms with Gasteiger partial charge in [-0.25, -0.2) is 0 Å². The molecule has 1 aliphatic heterocycles. The molecule has 0 fully saturated rings. The van der Waals surface area contributed by atoms with E-state index >= 15 is 0 Å². The first-order chi connectivity index (χ1) is 11.2. The molecule has 118 valence electrons. The molecular weight excluding hydrogens is 296 g/mol.